The van der Waals surface area contributed by atoms with E-state index in [4.69, 9.17) is 0 Å². The van der Waals surface area contributed by atoms with Crippen LogP contribution in [0.3, 0.4) is 0 Å². The van der Waals surface area contributed by atoms with Crippen LogP contribution in [0.25, 0.3) is 0 Å². The van der Waals surface area contributed by atoms with E-state index in [2.05, 4.69) is 24.4 Å². The van der Waals surface area contributed by atoms with Gasteiger partial charge >= 0.3 is 0 Å². The van der Waals surface area contributed by atoms with Crippen molar-refractivity contribution in [3.05, 3.63) is 29.8 Å². The lowest BCUT2D eigenvalue weighted by Crippen LogP contribution is -2.28. The first-order valence-corrected chi connectivity index (χ1v) is 7.28. The molecule has 0 heterocycles. The van der Waals surface area contributed by atoms with Crippen molar-refractivity contribution < 1.29 is 4.79 Å². The van der Waals surface area contributed by atoms with Crippen LogP contribution in [-0.4, -0.2) is 5.91 Å². The summed E-state index contributed by atoms with van der Waals surface area (Å²) in [7, 11) is 0. The summed E-state index contributed by atoms with van der Waals surface area (Å²) in [5, 5.41) is 3.09. The van der Waals surface area contributed by atoms with Crippen molar-refractivity contribution in [1.82, 2.24) is 0 Å². The molecule has 0 aromatic heterocycles. The van der Waals surface area contributed by atoms with Crippen LogP contribution in [0, 0.1) is 11.3 Å². The zero-order valence-corrected chi connectivity index (χ0v) is 12.5. The number of amides is 1. The fraction of sp³-hybridized carbons (Fsp3) is 0.588. The topological polar surface area (TPSA) is 29.1 Å². The Balaban J connectivity index is 2.13. The van der Waals surface area contributed by atoms with E-state index in [1.54, 1.807) is 0 Å². The minimum Gasteiger partial charge on any atom is -0.325 e. The fourth-order valence-corrected chi connectivity index (χ4v) is 2.33. The molecule has 1 aromatic carbocycles. The Hall–Kier alpha value is -1.31. The summed E-state index contributed by atoms with van der Waals surface area (Å²) >= 11 is 0. The molecule has 104 valence electrons. The molecule has 1 saturated carbocycles. The third-order valence-corrected chi connectivity index (χ3v) is 3.80. The van der Waals surface area contributed by atoms with Gasteiger partial charge in [0.05, 0.1) is 0 Å². The highest BCUT2D eigenvalue weighted by molar-refractivity contribution is 5.95. The zero-order valence-electron chi connectivity index (χ0n) is 12.5. The lowest BCUT2D eigenvalue weighted by molar-refractivity contribution is -0.123. The first-order chi connectivity index (χ1) is 8.88. The molecule has 1 N–H and O–H groups in total. The van der Waals surface area contributed by atoms with Gasteiger partial charge < -0.3 is 5.32 Å². The van der Waals surface area contributed by atoms with Crippen molar-refractivity contribution in [1.29, 1.82) is 0 Å². The van der Waals surface area contributed by atoms with Crippen LogP contribution >= 0.6 is 0 Å². The molecule has 1 atom stereocenters. The van der Waals surface area contributed by atoms with E-state index in [1.165, 1.54) is 24.8 Å². The summed E-state index contributed by atoms with van der Waals surface area (Å²) in [5.41, 5.74) is 1.90. The molecular weight excluding hydrogens is 234 g/mol. The SMILES string of the molecule is CC(CC1CC1)c1ccccc1NC(=O)C(C)(C)C. The summed E-state index contributed by atoms with van der Waals surface area (Å²) < 4.78 is 0. The van der Waals surface area contributed by atoms with Gasteiger partial charge in [0.1, 0.15) is 0 Å². The van der Waals surface area contributed by atoms with E-state index in [1.807, 2.05) is 32.9 Å². The maximum absolute atomic E-state index is 12.1. The Bertz CT molecular complexity index is 455. The molecular formula is C17H25NO. The number of benzene rings is 1. The maximum Gasteiger partial charge on any atom is 0.229 e. The maximum atomic E-state index is 12.1. The van der Waals surface area contributed by atoms with E-state index < -0.39 is 0 Å². The predicted molar refractivity (Wildman–Crippen MR) is 80.3 cm³/mol. The molecule has 0 spiro atoms. The van der Waals surface area contributed by atoms with E-state index in [9.17, 15) is 4.79 Å². The Kier molecular flexibility index (Phi) is 3.98. The minimum atomic E-state index is -0.354. The van der Waals surface area contributed by atoms with Gasteiger partial charge in [0.2, 0.25) is 5.91 Å². The number of rotatable bonds is 4. The molecule has 2 heteroatoms. The van der Waals surface area contributed by atoms with Crippen molar-refractivity contribution in [3.8, 4) is 0 Å². The second-order valence-electron chi connectivity index (χ2n) is 6.87. The largest absolute Gasteiger partial charge is 0.325 e. The zero-order chi connectivity index (χ0) is 14.0. The van der Waals surface area contributed by atoms with Gasteiger partial charge in [-0.2, -0.15) is 0 Å². The number of anilines is 1. The van der Waals surface area contributed by atoms with Gasteiger partial charge in [-0.25, -0.2) is 0 Å². The van der Waals surface area contributed by atoms with Crippen LogP contribution in [0.4, 0.5) is 5.69 Å². The monoisotopic (exact) mass is 259 g/mol. The van der Waals surface area contributed by atoms with Crippen LogP contribution in [0.1, 0.15) is 58.4 Å². The standard InChI is InChI=1S/C17H25NO/c1-12(11-13-9-10-13)14-7-5-6-8-15(14)18-16(19)17(2,3)4/h5-8,12-13H,9-11H2,1-4H3,(H,18,19). The molecule has 1 aliphatic carbocycles. The first-order valence-electron chi connectivity index (χ1n) is 7.28. The number of hydrogen-bond donors (Lipinski definition) is 1. The quantitative estimate of drug-likeness (QED) is 0.842. The van der Waals surface area contributed by atoms with Crippen LogP contribution in [0.5, 0.6) is 0 Å². The Labute approximate surface area is 116 Å². The molecule has 0 saturated heterocycles. The molecule has 2 nitrogen and oxygen atoms in total. The van der Waals surface area contributed by atoms with E-state index in [0.29, 0.717) is 5.92 Å². The number of hydrogen-bond acceptors (Lipinski definition) is 1. The van der Waals surface area contributed by atoms with Crippen LogP contribution in [-0.2, 0) is 4.79 Å². The molecule has 1 fully saturated rings. The third-order valence-electron chi connectivity index (χ3n) is 3.80. The summed E-state index contributed by atoms with van der Waals surface area (Å²) in [6.45, 7) is 8.09. The average Bonchev–Trinajstić information content (AvgIpc) is 3.12. The third kappa shape index (κ3) is 3.82. The Morgan fingerprint density at radius 2 is 1.95 bits per heavy atom. The minimum absolute atomic E-state index is 0.0820. The molecule has 0 aliphatic heterocycles. The Morgan fingerprint density at radius 1 is 1.32 bits per heavy atom. The smallest absolute Gasteiger partial charge is 0.229 e. The summed E-state index contributed by atoms with van der Waals surface area (Å²) in [4.78, 5) is 12.1. The number of carbonyl (C=O) groups is 1. The van der Waals surface area contributed by atoms with Gasteiger partial charge in [-0.15, -0.1) is 0 Å². The van der Waals surface area contributed by atoms with E-state index in [-0.39, 0.29) is 11.3 Å². The number of carbonyl (C=O) groups excluding carboxylic acids is 1. The van der Waals surface area contributed by atoms with Gasteiger partial charge in [0.15, 0.2) is 0 Å². The van der Waals surface area contributed by atoms with Crippen LogP contribution in [0.15, 0.2) is 24.3 Å². The number of para-hydroxylation sites is 1. The van der Waals surface area contributed by atoms with E-state index in [0.717, 1.165) is 11.6 Å². The van der Waals surface area contributed by atoms with E-state index >= 15 is 0 Å². The number of nitrogens with one attached hydrogen (secondary N) is 1. The predicted octanol–water partition coefficient (Wildman–Crippen LogP) is 4.57. The van der Waals surface area contributed by atoms with Crippen molar-refractivity contribution in [3.63, 3.8) is 0 Å². The normalized spacial score (nSPS) is 17.1. The average molecular weight is 259 g/mol. The van der Waals surface area contributed by atoms with Crippen molar-refractivity contribution in [2.75, 3.05) is 5.32 Å². The van der Waals surface area contributed by atoms with Gasteiger partial charge in [0, 0.05) is 11.1 Å². The van der Waals surface area contributed by atoms with Gasteiger partial charge in [-0.1, -0.05) is 58.7 Å². The molecule has 19 heavy (non-hydrogen) atoms. The molecule has 2 rings (SSSR count). The summed E-state index contributed by atoms with van der Waals surface area (Å²) in [6, 6.07) is 8.21. The van der Waals surface area contributed by atoms with Gasteiger partial charge in [0.25, 0.3) is 0 Å². The van der Waals surface area contributed by atoms with Crippen molar-refractivity contribution >= 4 is 11.6 Å². The molecule has 0 radical (unpaired) electrons. The second kappa shape index (κ2) is 5.36. The molecule has 1 aliphatic rings. The lowest BCUT2D eigenvalue weighted by atomic mass is 9.92. The highest BCUT2D eigenvalue weighted by Gasteiger charge is 2.26. The van der Waals surface area contributed by atoms with Gasteiger partial charge in [-0.3, -0.25) is 4.79 Å². The fourth-order valence-electron chi connectivity index (χ4n) is 2.33. The molecule has 0 bridgehead atoms. The van der Waals surface area contributed by atoms with Crippen molar-refractivity contribution in [2.45, 2.75) is 52.9 Å². The molecule has 1 amide bonds. The van der Waals surface area contributed by atoms with Crippen LogP contribution in [0.2, 0.25) is 0 Å². The second-order valence-corrected chi connectivity index (χ2v) is 6.87. The highest BCUT2D eigenvalue weighted by atomic mass is 16.2. The lowest BCUT2D eigenvalue weighted by Gasteiger charge is -2.21. The Morgan fingerprint density at radius 3 is 2.53 bits per heavy atom. The summed E-state index contributed by atoms with van der Waals surface area (Å²) in [5.74, 6) is 1.50. The first kappa shape index (κ1) is 14.1. The molecule has 1 unspecified atom stereocenters. The highest BCUT2D eigenvalue weighted by Crippen LogP contribution is 2.40. The molecule has 1 aromatic rings. The van der Waals surface area contributed by atoms with Gasteiger partial charge in [-0.05, 0) is 29.9 Å². The van der Waals surface area contributed by atoms with Crippen LogP contribution < -0.4 is 5.32 Å². The van der Waals surface area contributed by atoms with Crippen molar-refractivity contribution in [2.24, 2.45) is 11.3 Å². The summed E-state index contributed by atoms with van der Waals surface area (Å²) in [6.07, 6.45) is 3.99.